The van der Waals surface area contributed by atoms with Crippen molar-refractivity contribution < 1.29 is 15.0 Å². The molecule has 0 aliphatic heterocycles. The fourth-order valence-corrected chi connectivity index (χ4v) is 2.10. The molecule has 0 aliphatic rings. The Bertz CT molecular complexity index is 662. The van der Waals surface area contributed by atoms with Gasteiger partial charge >= 0.3 is 5.97 Å². The van der Waals surface area contributed by atoms with E-state index in [-0.39, 0.29) is 11.7 Å². The Labute approximate surface area is 117 Å². The van der Waals surface area contributed by atoms with Gasteiger partial charge in [0.15, 0.2) is 0 Å². The summed E-state index contributed by atoms with van der Waals surface area (Å²) in [4.78, 5) is 15.3. The Morgan fingerprint density at radius 2 is 1.90 bits per heavy atom. The second kappa shape index (κ2) is 5.74. The molecule has 20 heavy (non-hydrogen) atoms. The van der Waals surface area contributed by atoms with Crippen LogP contribution >= 0.6 is 0 Å². The summed E-state index contributed by atoms with van der Waals surface area (Å²) in [5, 5.41) is 20.9. The summed E-state index contributed by atoms with van der Waals surface area (Å²) in [7, 11) is 0. The average Bonchev–Trinajstić information content (AvgIpc) is 2.40. The van der Waals surface area contributed by atoms with Gasteiger partial charge in [-0.2, -0.15) is 0 Å². The highest BCUT2D eigenvalue weighted by molar-refractivity contribution is 6.02. The third-order valence-corrected chi connectivity index (χ3v) is 3.20. The number of benzene rings is 2. The van der Waals surface area contributed by atoms with Gasteiger partial charge in [-0.05, 0) is 22.8 Å². The molecule has 4 nitrogen and oxygen atoms in total. The Kier molecular flexibility index (Phi) is 4.03. The van der Waals surface area contributed by atoms with Crippen molar-refractivity contribution in [3.63, 3.8) is 0 Å². The van der Waals surface area contributed by atoms with E-state index in [9.17, 15) is 9.90 Å². The number of rotatable bonds is 4. The molecule has 0 heterocycles. The zero-order chi connectivity index (χ0) is 14.7. The lowest BCUT2D eigenvalue weighted by atomic mass is 10.0. The van der Waals surface area contributed by atoms with E-state index in [1.807, 2.05) is 30.3 Å². The van der Waals surface area contributed by atoms with Crippen molar-refractivity contribution in [2.75, 3.05) is 0 Å². The van der Waals surface area contributed by atoms with Gasteiger partial charge in [-0.3, -0.25) is 4.99 Å². The molecule has 4 heteroatoms. The standard InChI is InChI=1S/C16H17NO3/c1-10(2)15(16(19)20)17-9-13-12-6-4-3-5-11(12)7-8-14(13)18/h3-10,15,18H,1-2H3,(H,19,20)/t15-/m1/s1. The van der Waals surface area contributed by atoms with Gasteiger partial charge in [0, 0.05) is 11.8 Å². The van der Waals surface area contributed by atoms with Crippen LogP contribution in [-0.4, -0.2) is 28.4 Å². The molecule has 0 bridgehead atoms. The van der Waals surface area contributed by atoms with Crippen molar-refractivity contribution in [2.24, 2.45) is 10.9 Å². The molecular formula is C16H17NO3. The lowest BCUT2D eigenvalue weighted by Crippen LogP contribution is -2.24. The molecule has 2 aromatic carbocycles. The summed E-state index contributed by atoms with van der Waals surface area (Å²) in [5.74, 6) is -0.975. The first-order chi connectivity index (χ1) is 9.50. The average molecular weight is 271 g/mol. The molecule has 2 N–H and O–H groups in total. The van der Waals surface area contributed by atoms with Gasteiger partial charge in [-0.1, -0.05) is 44.2 Å². The first kappa shape index (κ1) is 14.1. The molecule has 0 saturated heterocycles. The number of aromatic hydroxyl groups is 1. The van der Waals surface area contributed by atoms with E-state index in [0.29, 0.717) is 5.56 Å². The second-order valence-corrected chi connectivity index (χ2v) is 5.02. The van der Waals surface area contributed by atoms with Gasteiger partial charge in [-0.15, -0.1) is 0 Å². The van der Waals surface area contributed by atoms with E-state index < -0.39 is 12.0 Å². The monoisotopic (exact) mass is 271 g/mol. The zero-order valence-electron chi connectivity index (χ0n) is 11.4. The number of fused-ring (bicyclic) bond motifs is 1. The number of carboxylic acid groups (broad SMARTS) is 1. The molecule has 0 saturated carbocycles. The number of nitrogens with zero attached hydrogens (tertiary/aromatic N) is 1. The molecule has 0 fully saturated rings. The van der Waals surface area contributed by atoms with Crippen molar-refractivity contribution in [3.8, 4) is 5.75 Å². The number of carbonyl (C=O) groups is 1. The van der Waals surface area contributed by atoms with Gasteiger partial charge in [0.1, 0.15) is 11.8 Å². The molecule has 2 rings (SSSR count). The largest absolute Gasteiger partial charge is 0.507 e. The number of hydrogen-bond acceptors (Lipinski definition) is 3. The Morgan fingerprint density at radius 1 is 1.20 bits per heavy atom. The van der Waals surface area contributed by atoms with Gasteiger partial charge in [0.2, 0.25) is 0 Å². The second-order valence-electron chi connectivity index (χ2n) is 5.02. The molecule has 0 amide bonds. The van der Waals surface area contributed by atoms with E-state index in [4.69, 9.17) is 5.11 Å². The maximum absolute atomic E-state index is 11.1. The fourth-order valence-electron chi connectivity index (χ4n) is 2.10. The molecule has 104 valence electrons. The number of phenolic OH excluding ortho intramolecular Hbond substituents is 1. The molecule has 0 unspecified atom stereocenters. The number of aliphatic imine (C=N–C) groups is 1. The van der Waals surface area contributed by atoms with E-state index in [2.05, 4.69) is 4.99 Å². The predicted molar refractivity (Wildman–Crippen MR) is 79.5 cm³/mol. The number of hydrogen-bond donors (Lipinski definition) is 2. The summed E-state index contributed by atoms with van der Waals surface area (Å²) in [6, 6.07) is 10.2. The van der Waals surface area contributed by atoms with Crippen molar-refractivity contribution in [1.29, 1.82) is 0 Å². The third kappa shape index (κ3) is 2.79. The molecule has 0 radical (unpaired) electrons. The maximum atomic E-state index is 11.1. The minimum atomic E-state index is -0.962. The molecule has 1 atom stereocenters. The van der Waals surface area contributed by atoms with Crippen LogP contribution in [0.4, 0.5) is 0 Å². The van der Waals surface area contributed by atoms with Gasteiger partial charge in [-0.25, -0.2) is 4.79 Å². The summed E-state index contributed by atoms with van der Waals surface area (Å²) in [6.07, 6.45) is 1.45. The molecule has 0 aliphatic carbocycles. The molecule has 0 aromatic heterocycles. The SMILES string of the molecule is CC(C)[C@@H](N=Cc1c(O)ccc2ccccc12)C(=O)O. The van der Waals surface area contributed by atoms with Crippen molar-refractivity contribution >= 4 is 23.0 Å². The van der Waals surface area contributed by atoms with E-state index >= 15 is 0 Å². The van der Waals surface area contributed by atoms with Crippen LogP contribution in [0.2, 0.25) is 0 Å². The van der Waals surface area contributed by atoms with Gasteiger partial charge < -0.3 is 10.2 Å². The van der Waals surface area contributed by atoms with Gasteiger partial charge in [0.25, 0.3) is 0 Å². The number of aliphatic carboxylic acids is 1. The molecule has 2 aromatic rings. The van der Waals surface area contributed by atoms with Crippen molar-refractivity contribution in [2.45, 2.75) is 19.9 Å². The third-order valence-electron chi connectivity index (χ3n) is 3.20. The Morgan fingerprint density at radius 3 is 2.55 bits per heavy atom. The van der Waals surface area contributed by atoms with Crippen LogP contribution in [0, 0.1) is 5.92 Å². The smallest absolute Gasteiger partial charge is 0.328 e. The Hall–Kier alpha value is -2.36. The van der Waals surface area contributed by atoms with Gasteiger partial charge in [0.05, 0.1) is 0 Å². The van der Waals surface area contributed by atoms with Crippen molar-refractivity contribution in [1.82, 2.24) is 0 Å². The zero-order valence-corrected chi connectivity index (χ0v) is 11.4. The minimum Gasteiger partial charge on any atom is -0.507 e. The molecule has 0 spiro atoms. The van der Waals surface area contributed by atoms with E-state index in [1.54, 1.807) is 19.9 Å². The van der Waals surface area contributed by atoms with E-state index in [1.165, 1.54) is 6.21 Å². The summed E-state index contributed by atoms with van der Waals surface area (Å²) in [6.45, 7) is 3.61. The van der Waals surface area contributed by atoms with Crippen LogP contribution in [-0.2, 0) is 4.79 Å². The highest BCUT2D eigenvalue weighted by Crippen LogP contribution is 2.25. The van der Waals surface area contributed by atoms with Crippen molar-refractivity contribution in [3.05, 3.63) is 42.0 Å². The maximum Gasteiger partial charge on any atom is 0.328 e. The predicted octanol–water partition coefficient (Wildman–Crippen LogP) is 3.07. The summed E-state index contributed by atoms with van der Waals surface area (Å²) in [5.41, 5.74) is 0.551. The number of phenols is 1. The summed E-state index contributed by atoms with van der Waals surface area (Å²) < 4.78 is 0. The first-order valence-corrected chi connectivity index (χ1v) is 6.47. The lowest BCUT2D eigenvalue weighted by molar-refractivity contribution is -0.139. The van der Waals surface area contributed by atoms with Crippen LogP contribution in [0.3, 0.4) is 0 Å². The lowest BCUT2D eigenvalue weighted by Gasteiger charge is -2.11. The van der Waals surface area contributed by atoms with Crippen LogP contribution in [0.15, 0.2) is 41.4 Å². The van der Waals surface area contributed by atoms with Crippen LogP contribution < -0.4 is 0 Å². The van der Waals surface area contributed by atoms with Crippen LogP contribution in [0.25, 0.3) is 10.8 Å². The quantitative estimate of drug-likeness (QED) is 0.839. The topological polar surface area (TPSA) is 69.9 Å². The van der Waals surface area contributed by atoms with Crippen LogP contribution in [0.5, 0.6) is 5.75 Å². The first-order valence-electron chi connectivity index (χ1n) is 6.47. The Balaban J connectivity index is 2.47. The minimum absolute atomic E-state index is 0.0975. The normalized spacial score (nSPS) is 13.2. The highest BCUT2D eigenvalue weighted by Gasteiger charge is 2.19. The fraction of sp³-hybridized carbons (Fsp3) is 0.250. The molecular weight excluding hydrogens is 254 g/mol. The summed E-state index contributed by atoms with van der Waals surface area (Å²) >= 11 is 0. The van der Waals surface area contributed by atoms with Crippen LogP contribution in [0.1, 0.15) is 19.4 Å². The highest BCUT2D eigenvalue weighted by atomic mass is 16.4. The van der Waals surface area contributed by atoms with E-state index in [0.717, 1.165) is 10.8 Å². The number of carboxylic acids is 1.